The first kappa shape index (κ1) is 32.8. The zero-order valence-corrected chi connectivity index (χ0v) is 24.7. The van der Waals surface area contributed by atoms with Crippen LogP contribution in [0.4, 0.5) is 13.2 Å². The normalized spacial score (nSPS) is 24.3. The van der Waals surface area contributed by atoms with Crippen molar-refractivity contribution in [3.05, 3.63) is 75.3 Å². The van der Waals surface area contributed by atoms with Crippen molar-refractivity contribution in [3.8, 4) is 5.75 Å². The summed E-state index contributed by atoms with van der Waals surface area (Å²) >= 11 is 5.63. The lowest BCUT2D eigenvalue weighted by Gasteiger charge is -2.34. The Morgan fingerprint density at radius 2 is 1.86 bits per heavy atom. The van der Waals surface area contributed by atoms with Crippen molar-refractivity contribution < 1.29 is 46.7 Å². The Bertz CT molecular complexity index is 1650. The summed E-state index contributed by atoms with van der Waals surface area (Å²) in [7, 11) is 0. The summed E-state index contributed by atoms with van der Waals surface area (Å²) < 4.78 is 65.8. The molecular weight excluding hydrogens is 618 g/mol. The minimum Gasteiger partial charge on any atom is -0.462 e. The van der Waals surface area contributed by atoms with Crippen LogP contribution in [0.25, 0.3) is 10.8 Å². The second-order valence-corrected chi connectivity index (χ2v) is 13.2. The third-order valence-electron chi connectivity index (χ3n) is 6.51. The van der Waals surface area contributed by atoms with E-state index in [4.69, 9.17) is 30.3 Å². The average Bonchev–Trinajstić information content (AvgIpc) is 3.20. The number of aliphatic hydroxyl groups is 2. The van der Waals surface area contributed by atoms with Crippen LogP contribution in [0.5, 0.6) is 5.75 Å². The molecule has 2 aromatic carbocycles. The Morgan fingerprint density at radius 3 is 2.53 bits per heavy atom. The van der Waals surface area contributed by atoms with Gasteiger partial charge in [0.1, 0.15) is 24.0 Å². The van der Waals surface area contributed by atoms with Crippen LogP contribution in [0.3, 0.4) is 0 Å². The van der Waals surface area contributed by atoms with Gasteiger partial charge in [-0.3, -0.25) is 19.1 Å². The van der Waals surface area contributed by atoms with E-state index in [2.05, 4.69) is 5.09 Å². The highest BCUT2D eigenvalue weighted by atomic mass is 32.5. The lowest BCUT2D eigenvalue weighted by atomic mass is 9.96. The highest BCUT2D eigenvalue weighted by molar-refractivity contribution is 8.09. The lowest BCUT2D eigenvalue weighted by Crippen LogP contribution is -2.53. The Balaban J connectivity index is 1.69. The molecule has 2 heterocycles. The fourth-order valence-electron chi connectivity index (χ4n) is 4.35. The maximum atomic E-state index is 14.6. The van der Waals surface area contributed by atoms with Crippen LogP contribution in [0, 0.1) is 5.82 Å². The number of fused-ring (bicyclic) bond motifs is 1. The second kappa shape index (κ2) is 12.9. The van der Waals surface area contributed by atoms with E-state index >= 15 is 0 Å². The summed E-state index contributed by atoms with van der Waals surface area (Å²) in [4.78, 5) is 37.9. The molecule has 1 saturated heterocycles. The Hall–Kier alpha value is -3.11. The van der Waals surface area contributed by atoms with Crippen LogP contribution < -0.4 is 20.9 Å². The highest BCUT2D eigenvalue weighted by Gasteiger charge is 2.61. The largest absolute Gasteiger partial charge is 0.462 e. The standard InChI is InChI=1S/C26H29F3N3O9PS/c1-13(2)39-23(36)14(3)31-42(43,41-18-10-6-8-15-7-4-5-9-16(15)18)38-12-26(24(28)29)20(34)19(33)22(40-26)32-11-17(27)21(35)30-25(32)37/h4-11,13-14,19-20,22,24,33-34H,12H2,1-3H3,(H,31,43)(H,30,35,37)/t14-,19+,20-,22+,26+,42?/m0/s1. The Labute approximate surface area is 247 Å². The van der Waals surface area contributed by atoms with Gasteiger partial charge in [-0.25, -0.2) is 18.7 Å². The molecule has 1 aliphatic rings. The van der Waals surface area contributed by atoms with Gasteiger partial charge in [0.05, 0.1) is 18.9 Å². The summed E-state index contributed by atoms with van der Waals surface area (Å²) in [6.45, 7) is -0.583. The molecule has 1 aliphatic heterocycles. The van der Waals surface area contributed by atoms with Gasteiger partial charge in [0.25, 0.3) is 12.0 Å². The quantitative estimate of drug-likeness (QED) is 0.179. The molecule has 4 rings (SSSR count). The number of ether oxygens (including phenoxy) is 2. The van der Waals surface area contributed by atoms with Crippen molar-refractivity contribution in [1.29, 1.82) is 0 Å². The number of carbonyl (C=O) groups excluding carboxylic acids is 1. The molecule has 0 spiro atoms. The number of alkyl halides is 2. The first-order valence-corrected chi connectivity index (χ1v) is 15.5. The van der Waals surface area contributed by atoms with Gasteiger partial charge >= 0.3 is 18.3 Å². The van der Waals surface area contributed by atoms with Crippen molar-refractivity contribution in [2.24, 2.45) is 0 Å². The van der Waals surface area contributed by atoms with Crippen LogP contribution in [0.15, 0.2) is 58.3 Å². The minimum absolute atomic E-state index is 0.186. The molecule has 0 saturated carbocycles. The van der Waals surface area contributed by atoms with E-state index in [0.29, 0.717) is 16.2 Å². The fraction of sp³-hybridized carbons (Fsp3) is 0.423. The summed E-state index contributed by atoms with van der Waals surface area (Å²) in [6.07, 6.45) is -10.4. The number of nitrogens with zero attached hydrogens (tertiary/aromatic N) is 1. The number of rotatable bonds is 11. The van der Waals surface area contributed by atoms with Crippen molar-refractivity contribution in [1.82, 2.24) is 14.6 Å². The number of hydrogen-bond donors (Lipinski definition) is 4. The molecule has 0 radical (unpaired) electrons. The molecule has 1 aromatic heterocycles. The fourth-order valence-corrected chi connectivity index (χ4v) is 6.77. The number of halogens is 3. The molecule has 4 N–H and O–H groups in total. The number of benzene rings is 2. The van der Waals surface area contributed by atoms with E-state index in [1.165, 1.54) is 6.92 Å². The number of carbonyl (C=O) groups is 1. The Kier molecular flexibility index (Phi) is 9.81. The van der Waals surface area contributed by atoms with Crippen LogP contribution in [-0.4, -0.2) is 68.7 Å². The van der Waals surface area contributed by atoms with Crippen molar-refractivity contribution in [2.75, 3.05) is 6.61 Å². The molecule has 0 aliphatic carbocycles. The summed E-state index contributed by atoms with van der Waals surface area (Å²) in [5, 5.41) is 25.4. The molecule has 3 aromatic rings. The number of esters is 1. The Morgan fingerprint density at radius 1 is 1.19 bits per heavy atom. The number of aliphatic hydroxyl groups excluding tert-OH is 2. The topological polar surface area (TPSA) is 161 Å². The van der Waals surface area contributed by atoms with Crippen LogP contribution >= 0.6 is 6.64 Å². The predicted molar refractivity (Wildman–Crippen MR) is 151 cm³/mol. The molecular formula is C26H29F3N3O9PS. The SMILES string of the molecule is CC(C)OC(=O)[C@H](C)NP(=S)(OC[C@@]1(C(F)F)O[C@@H](n2cc(F)c(=O)[nH]c2=O)[C@H](O)[C@@H]1O)Oc1cccc2ccccc12. The number of nitrogens with one attached hydrogen (secondary N) is 2. The smallest absolute Gasteiger partial charge is 0.330 e. The van der Waals surface area contributed by atoms with Gasteiger partial charge in [-0.05, 0) is 44.0 Å². The number of hydrogen-bond acceptors (Lipinski definition) is 10. The molecule has 1 unspecified atom stereocenters. The van der Waals surface area contributed by atoms with Crippen molar-refractivity contribution in [3.63, 3.8) is 0 Å². The van der Waals surface area contributed by atoms with Gasteiger partial charge in [0.2, 0.25) is 5.82 Å². The van der Waals surface area contributed by atoms with Crippen molar-refractivity contribution in [2.45, 2.75) is 63.4 Å². The molecule has 17 heteroatoms. The van der Waals surface area contributed by atoms with E-state index in [0.717, 1.165) is 5.39 Å². The lowest BCUT2D eigenvalue weighted by molar-refractivity contribution is -0.192. The van der Waals surface area contributed by atoms with Gasteiger partial charge in [-0.15, -0.1) is 0 Å². The summed E-state index contributed by atoms with van der Waals surface area (Å²) in [5.74, 6) is -2.03. The highest BCUT2D eigenvalue weighted by Crippen LogP contribution is 2.50. The zero-order chi connectivity index (χ0) is 31.7. The molecule has 234 valence electrons. The van der Waals surface area contributed by atoms with E-state index in [1.807, 2.05) is 0 Å². The molecule has 6 atom stereocenters. The maximum Gasteiger partial charge on any atom is 0.330 e. The molecule has 0 amide bonds. The minimum atomic E-state index is -4.00. The first-order valence-electron chi connectivity index (χ1n) is 12.9. The van der Waals surface area contributed by atoms with E-state index in [1.54, 1.807) is 61.3 Å². The molecule has 1 fully saturated rings. The average molecular weight is 648 g/mol. The zero-order valence-electron chi connectivity index (χ0n) is 23.0. The van der Waals surface area contributed by atoms with Gasteiger partial charge in [0, 0.05) is 5.39 Å². The van der Waals surface area contributed by atoms with Gasteiger partial charge in [0.15, 0.2) is 11.8 Å². The predicted octanol–water partition coefficient (Wildman–Crippen LogP) is 2.33. The van der Waals surface area contributed by atoms with E-state index in [-0.39, 0.29) is 5.75 Å². The van der Waals surface area contributed by atoms with Gasteiger partial charge in [-0.1, -0.05) is 36.4 Å². The maximum absolute atomic E-state index is 14.6. The molecule has 0 bridgehead atoms. The monoisotopic (exact) mass is 647 g/mol. The second-order valence-electron chi connectivity index (χ2n) is 10.0. The number of H-pyrrole nitrogens is 1. The van der Waals surface area contributed by atoms with E-state index < -0.39 is 78.9 Å². The number of aromatic amines is 1. The van der Waals surface area contributed by atoms with Crippen LogP contribution in [-0.2, 0) is 30.6 Å². The first-order chi connectivity index (χ1) is 20.2. The van der Waals surface area contributed by atoms with E-state index in [9.17, 15) is 37.8 Å². The molecule has 12 nitrogen and oxygen atoms in total. The summed E-state index contributed by atoms with van der Waals surface area (Å²) in [5.41, 5.74) is -5.71. The van der Waals surface area contributed by atoms with Crippen LogP contribution in [0.2, 0.25) is 0 Å². The van der Waals surface area contributed by atoms with Crippen molar-refractivity contribution >= 4 is 35.2 Å². The van der Waals surface area contributed by atoms with Crippen LogP contribution in [0.1, 0.15) is 27.0 Å². The summed E-state index contributed by atoms with van der Waals surface area (Å²) in [6, 6.07) is 10.9. The third-order valence-corrected chi connectivity index (χ3v) is 8.98. The van der Waals surface area contributed by atoms with Gasteiger partial charge < -0.3 is 28.7 Å². The third kappa shape index (κ3) is 6.85. The molecule has 43 heavy (non-hydrogen) atoms. The van der Waals surface area contributed by atoms with Gasteiger partial charge in [-0.2, -0.15) is 4.39 Å². The number of aromatic nitrogens is 2.